The monoisotopic (exact) mass is 381 g/mol. The average molecular weight is 382 g/mol. The maximum atomic E-state index is 12.2. The van der Waals surface area contributed by atoms with Crippen LogP contribution in [-0.4, -0.2) is 50.3 Å². The summed E-state index contributed by atoms with van der Waals surface area (Å²) >= 11 is 2.99. The van der Waals surface area contributed by atoms with Crippen LogP contribution in [0.3, 0.4) is 0 Å². The minimum atomic E-state index is -4.23. The third-order valence-electron chi connectivity index (χ3n) is 2.43. The molecule has 3 N–H and O–H groups in total. The molecule has 10 heteroatoms. The van der Waals surface area contributed by atoms with Gasteiger partial charge >= 0.3 is 11.9 Å². The number of carbonyl (C=O) groups excluding carboxylic acids is 1. The number of sulfonamides is 1. The van der Waals surface area contributed by atoms with Crippen LogP contribution in [0.4, 0.5) is 0 Å². The number of nitrogens with one attached hydrogen (secondary N) is 1. The normalized spacial score (nSPS) is 12.7. The molecule has 116 valence electrons. The van der Waals surface area contributed by atoms with E-state index >= 15 is 0 Å². The van der Waals surface area contributed by atoms with Crippen LogP contribution >= 0.6 is 15.9 Å². The van der Waals surface area contributed by atoms with Crippen molar-refractivity contribution in [2.45, 2.75) is 10.9 Å². The molecule has 0 aliphatic rings. The predicted molar refractivity (Wildman–Crippen MR) is 74.3 cm³/mol. The van der Waals surface area contributed by atoms with Crippen LogP contribution in [0, 0.1) is 0 Å². The molecule has 1 atom stereocenters. The maximum Gasteiger partial charge on any atom is 0.335 e. The van der Waals surface area contributed by atoms with E-state index < -0.39 is 34.6 Å². The summed E-state index contributed by atoms with van der Waals surface area (Å²) in [6.45, 7) is -0.803. The third kappa shape index (κ3) is 4.24. The highest BCUT2D eigenvalue weighted by Crippen LogP contribution is 2.23. The molecule has 0 aliphatic carbocycles. The van der Waals surface area contributed by atoms with Crippen LogP contribution in [0.15, 0.2) is 27.6 Å². The zero-order valence-corrected chi connectivity index (χ0v) is 13.1. The number of halogens is 1. The molecular formula is C11H12BrNO7S. The number of carboxylic acid groups (broad SMARTS) is 1. The predicted octanol–water partition coefficient (Wildman–Crippen LogP) is -0.0405. The Morgan fingerprint density at radius 3 is 2.52 bits per heavy atom. The van der Waals surface area contributed by atoms with Gasteiger partial charge in [0.05, 0.1) is 24.2 Å². The van der Waals surface area contributed by atoms with Gasteiger partial charge in [0.2, 0.25) is 10.0 Å². The Hall–Kier alpha value is -1.49. The Bertz CT molecular complexity index is 659. The SMILES string of the molecule is COC(=O)C(CO)NS(=O)(=O)c1cc(C(=O)O)ccc1Br. The number of aliphatic hydroxyl groups excluding tert-OH is 1. The second kappa shape index (κ2) is 6.98. The van der Waals surface area contributed by atoms with Gasteiger partial charge < -0.3 is 14.9 Å². The summed E-state index contributed by atoms with van der Waals surface area (Å²) in [7, 11) is -3.19. The second-order valence-electron chi connectivity index (χ2n) is 3.83. The molecule has 0 heterocycles. The summed E-state index contributed by atoms with van der Waals surface area (Å²) in [5, 5.41) is 17.9. The van der Waals surface area contributed by atoms with Crippen molar-refractivity contribution in [3.63, 3.8) is 0 Å². The van der Waals surface area contributed by atoms with Crippen LogP contribution in [0.1, 0.15) is 10.4 Å². The Kier molecular flexibility index (Phi) is 5.84. The molecule has 0 spiro atoms. The van der Waals surface area contributed by atoms with Gasteiger partial charge in [-0.2, -0.15) is 4.72 Å². The van der Waals surface area contributed by atoms with E-state index in [9.17, 15) is 18.0 Å². The molecule has 0 amide bonds. The molecule has 0 fully saturated rings. The number of hydrogen-bond donors (Lipinski definition) is 3. The van der Waals surface area contributed by atoms with Crippen molar-refractivity contribution in [2.24, 2.45) is 0 Å². The molecule has 1 aromatic carbocycles. The van der Waals surface area contributed by atoms with E-state index in [1.807, 2.05) is 4.72 Å². The summed E-state index contributed by atoms with van der Waals surface area (Å²) < 4.78 is 30.7. The number of aliphatic hydroxyl groups is 1. The highest BCUT2D eigenvalue weighted by Gasteiger charge is 2.27. The van der Waals surface area contributed by atoms with Crippen molar-refractivity contribution >= 4 is 37.9 Å². The quantitative estimate of drug-likeness (QED) is 0.589. The molecule has 0 aliphatic heterocycles. The first-order valence-electron chi connectivity index (χ1n) is 5.46. The van der Waals surface area contributed by atoms with E-state index in [1.54, 1.807) is 0 Å². The molecule has 0 saturated carbocycles. The lowest BCUT2D eigenvalue weighted by molar-refractivity contribution is -0.143. The number of ether oxygens (including phenoxy) is 1. The summed E-state index contributed by atoms with van der Waals surface area (Å²) in [5.41, 5.74) is -0.239. The van der Waals surface area contributed by atoms with E-state index in [2.05, 4.69) is 20.7 Å². The van der Waals surface area contributed by atoms with Crippen molar-refractivity contribution in [1.29, 1.82) is 0 Å². The minimum absolute atomic E-state index is 0.113. The zero-order chi connectivity index (χ0) is 16.2. The number of benzene rings is 1. The van der Waals surface area contributed by atoms with Crippen LogP contribution in [0.2, 0.25) is 0 Å². The number of aromatic carboxylic acids is 1. The largest absolute Gasteiger partial charge is 0.478 e. The van der Waals surface area contributed by atoms with E-state index in [0.29, 0.717) is 0 Å². The third-order valence-corrected chi connectivity index (χ3v) is 4.90. The molecule has 1 unspecified atom stereocenters. The first kappa shape index (κ1) is 17.6. The molecule has 8 nitrogen and oxygen atoms in total. The topological polar surface area (TPSA) is 130 Å². The lowest BCUT2D eigenvalue weighted by atomic mass is 10.2. The van der Waals surface area contributed by atoms with Gasteiger partial charge in [0.25, 0.3) is 0 Å². The Balaban J connectivity index is 3.21. The van der Waals surface area contributed by atoms with E-state index in [0.717, 1.165) is 13.2 Å². The van der Waals surface area contributed by atoms with E-state index in [4.69, 9.17) is 10.2 Å². The summed E-state index contributed by atoms with van der Waals surface area (Å²) in [6.07, 6.45) is 0. The fraction of sp³-hybridized carbons (Fsp3) is 0.273. The molecule has 21 heavy (non-hydrogen) atoms. The van der Waals surface area contributed by atoms with Crippen molar-refractivity contribution in [3.05, 3.63) is 28.2 Å². The van der Waals surface area contributed by atoms with Crippen LogP contribution in [-0.2, 0) is 19.6 Å². The smallest absolute Gasteiger partial charge is 0.335 e. The van der Waals surface area contributed by atoms with Crippen LogP contribution in [0.5, 0.6) is 0 Å². The fourth-order valence-electron chi connectivity index (χ4n) is 1.40. The van der Waals surface area contributed by atoms with Crippen molar-refractivity contribution < 1.29 is 33.0 Å². The minimum Gasteiger partial charge on any atom is -0.478 e. The summed E-state index contributed by atoms with van der Waals surface area (Å²) in [4.78, 5) is 21.8. The molecule has 0 aromatic heterocycles. The van der Waals surface area contributed by atoms with Gasteiger partial charge in [0, 0.05) is 4.47 Å². The number of rotatable bonds is 6. The van der Waals surface area contributed by atoms with Crippen molar-refractivity contribution in [2.75, 3.05) is 13.7 Å². The first-order valence-corrected chi connectivity index (χ1v) is 7.74. The van der Waals surface area contributed by atoms with Crippen LogP contribution < -0.4 is 4.72 Å². The molecule has 1 rings (SSSR count). The highest BCUT2D eigenvalue weighted by atomic mass is 79.9. The first-order chi connectivity index (χ1) is 9.72. The van der Waals surface area contributed by atoms with Gasteiger partial charge in [-0.1, -0.05) is 0 Å². The lowest BCUT2D eigenvalue weighted by Crippen LogP contribution is -2.44. The van der Waals surface area contributed by atoms with E-state index in [-0.39, 0.29) is 14.9 Å². The maximum absolute atomic E-state index is 12.2. The zero-order valence-electron chi connectivity index (χ0n) is 10.7. The lowest BCUT2D eigenvalue weighted by Gasteiger charge is -2.15. The second-order valence-corrected chi connectivity index (χ2v) is 6.37. The number of carboxylic acids is 1. The molecule has 0 radical (unpaired) electrons. The number of methoxy groups -OCH3 is 1. The number of esters is 1. The van der Waals surface area contributed by atoms with Gasteiger partial charge in [-0.05, 0) is 34.1 Å². The number of carbonyl (C=O) groups is 2. The molecule has 0 bridgehead atoms. The molecular weight excluding hydrogens is 370 g/mol. The number of hydrogen-bond acceptors (Lipinski definition) is 6. The fourth-order valence-corrected chi connectivity index (χ4v) is 3.56. The van der Waals surface area contributed by atoms with Crippen LogP contribution in [0.25, 0.3) is 0 Å². The average Bonchev–Trinajstić information content (AvgIpc) is 2.43. The Labute approximate surface area is 128 Å². The van der Waals surface area contributed by atoms with Crippen molar-refractivity contribution in [1.82, 2.24) is 4.72 Å². The van der Waals surface area contributed by atoms with Gasteiger partial charge in [0.1, 0.15) is 6.04 Å². The van der Waals surface area contributed by atoms with Gasteiger partial charge in [0.15, 0.2) is 0 Å². The van der Waals surface area contributed by atoms with Crippen molar-refractivity contribution in [3.8, 4) is 0 Å². The highest BCUT2D eigenvalue weighted by molar-refractivity contribution is 9.10. The van der Waals surface area contributed by atoms with E-state index in [1.165, 1.54) is 12.1 Å². The van der Waals surface area contributed by atoms with Gasteiger partial charge in [-0.25, -0.2) is 13.2 Å². The Morgan fingerprint density at radius 1 is 1.43 bits per heavy atom. The standard InChI is InChI=1S/C11H12BrNO7S/c1-20-11(17)8(5-14)13-21(18,19)9-4-6(10(15)16)2-3-7(9)12/h2-4,8,13-14H,5H2,1H3,(H,15,16). The molecule has 0 saturated heterocycles. The summed E-state index contributed by atoms with van der Waals surface area (Å²) in [6, 6.07) is 1.92. The summed E-state index contributed by atoms with van der Waals surface area (Å²) in [5.74, 6) is -2.27. The molecule has 1 aromatic rings. The van der Waals surface area contributed by atoms with Gasteiger partial charge in [-0.15, -0.1) is 0 Å². The van der Waals surface area contributed by atoms with Gasteiger partial charge in [-0.3, -0.25) is 4.79 Å². The Morgan fingerprint density at radius 2 is 2.05 bits per heavy atom.